The molecular weight excluding hydrogens is 408 g/mol. The van der Waals surface area contributed by atoms with Gasteiger partial charge in [-0.05, 0) is 44.5 Å². The second kappa shape index (κ2) is 7.43. The van der Waals surface area contributed by atoms with E-state index in [-0.39, 0.29) is 10.6 Å². The van der Waals surface area contributed by atoms with Crippen molar-refractivity contribution in [2.75, 3.05) is 0 Å². The quantitative estimate of drug-likeness (QED) is 0.308. The summed E-state index contributed by atoms with van der Waals surface area (Å²) in [6.07, 6.45) is 2.25. The maximum Gasteiger partial charge on any atom is 0.534 e. The fourth-order valence-electron chi connectivity index (χ4n) is 1.40. The predicted octanol–water partition coefficient (Wildman–Crippen LogP) is 4.58. The molecule has 0 aliphatic carbocycles. The van der Waals surface area contributed by atoms with Gasteiger partial charge >= 0.3 is 21.6 Å². The van der Waals surface area contributed by atoms with Crippen LogP contribution in [0.1, 0.15) is 26.3 Å². The second-order valence-corrected chi connectivity index (χ2v) is 7.92. The third-order valence-electron chi connectivity index (χ3n) is 2.37. The third-order valence-corrected chi connectivity index (χ3v) is 4.21. The number of carbonyl (C=O) groups excluding carboxylic acids is 1. The molecule has 0 aliphatic heterocycles. The molecule has 0 radical (unpaired) electrons. The summed E-state index contributed by atoms with van der Waals surface area (Å²) in [5, 5.41) is -0.850. The number of carbonyl (C=O) groups is 1. The van der Waals surface area contributed by atoms with Crippen molar-refractivity contribution < 1.29 is 35.3 Å². The fraction of sp³-hybridized carbons (Fsp3) is 0.357. The van der Waals surface area contributed by atoms with E-state index in [4.69, 9.17) is 27.9 Å². The monoisotopic (exact) mass is 420 g/mol. The van der Waals surface area contributed by atoms with Crippen molar-refractivity contribution in [3.63, 3.8) is 0 Å². The third kappa shape index (κ3) is 6.09. The summed E-state index contributed by atoms with van der Waals surface area (Å²) in [6.45, 7) is 4.99. The molecule has 0 bridgehead atoms. The van der Waals surface area contributed by atoms with Gasteiger partial charge in [0.15, 0.2) is 5.75 Å². The van der Waals surface area contributed by atoms with Crippen molar-refractivity contribution in [2.45, 2.75) is 31.9 Å². The maximum absolute atomic E-state index is 12.3. The minimum absolute atomic E-state index is 0.147. The Balaban J connectivity index is 3.07. The molecule has 1 aromatic rings. The first-order valence-electron chi connectivity index (χ1n) is 6.54. The molecule has 0 saturated heterocycles. The van der Waals surface area contributed by atoms with Crippen LogP contribution in [0, 0.1) is 0 Å². The number of alkyl halides is 3. The number of rotatable bonds is 4. The van der Waals surface area contributed by atoms with E-state index >= 15 is 0 Å². The SMILES string of the molecule is CC(C)(C)OC(=O)C=Cc1ccc(OS(=O)(=O)C(F)(F)F)c(Cl)c1Cl. The van der Waals surface area contributed by atoms with Gasteiger partial charge in [-0.1, -0.05) is 23.2 Å². The van der Waals surface area contributed by atoms with Gasteiger partial charge in [0.05, 0.1) is 5.02 Å². The van der Waals surface area contributed by atoms with Crippen LogP contribution in [0.15, 0.2) is 18.2 Å². The van der Waals surface area contributed by atoms with E-state index < -0.39 is 38.0 Å². The average Bonchev–Trinajstić information content (AvgIpc) is 2.40. The van der Waals surface area contributed by atoms with Crippen molar-refractivity contribution >= 4 is 45.4 Å². The Morgan fingerprint density at radius 2 is 1.68 bits per heavy atom. The highest BCUT2D eigenvalue weighted by Gasteiger charge is 2.48. The Labute approximate surface area is 152 Å². The van der Waals surface area contributed by atoms with Gasteiger partial charge in [-0.3, -0.25) is 0 Å². The molecule has 11 heteroatoms. The van der Waals surface area contributed by atoms with Crippen molar-refractivity contribution in [2.24, 2.45) is 0 Å². The summed E-state index contributed by atoms with van der Waals surface area (Å²) in [4.78, 5) is 11.6. The van der Waals surface area contributed by atoms with Crippen LogP contribution in [0.3, 0.4) is 0 Å². The lowest BCUT2D eigenvalue weighted by Gasteiger charge is -2.18. The van der Waals surface area contributed by atoms with Crippen LogP contribution >= 0.6 is 23.2 Å². The molecule has 0 fully saturated rings. The van der Waals surface area contributed by atoms with Gasteiger partial charge in [0.1, 0.15) is 10.6 Å². The number of hydrogen-bond acceptors (Lipinski definition) is 5. The standard InChI is InChI=1S/C14H13Cl2F3O5S/c1-13(2,3)23-10(20)7-5-8-4-6-9(12(16)11(8)15)24-25(21,22)14(17,18)19/h4-7H,1-3H3. The van der Waals surface area contributed by atoms with E-state index in [1.165, 1.54) is 6.08 Å². The van der Waals surface area contributed by atoms with Crippen LogP contribution in [0.25, 0.3) is 6.08 Å². The van der Waals surface area contributed by atoms with Crippen molar-refractivity contribution in [3.8, 4) is 5.75 Å². The molecule has 1 aromatic carbocycles. The van der Waals surface area contributed by atoms with Gasteiger partial charge in [0.25, 0.3) is 0 Å². The van der Waals surface area contributed by atoms with Crippen LogP contribution in [-0.2, 0) is 19.6 Å². The minimum atomic E-state index is -5.88. The molecule has 25 heavy (non-hydrogen) atoms. The fourth-order valence-corrected chi connectivity index (χ4v) is 2.34. The zero-order chi connectivity index (χ0) is 19.6. The smallest absolute Gasteiger partial charge is 0.457 e. The molecule has 0 atom stereocenters. The van der Waals surface area contributed by atoms with Gasteiger partial charge in [0, 0.05) is 6.08 Å². The summed E-state index contributed by atoms with van der Waals surface area (Å²) in [5.41, 5.74) is -6.18. The highest BCUT2D eigenvalue weighted by molar-refractivity contribution is 7.88. The van der Waals surface area contributed by atoms with E-state index in [9.17, 15) is 26.4 Å². The molecule has 0 saturated carbocycles. The molecule has 140 valence electrons. The average molecular weight is 421 g/mol. The van der Waals surface area contributed by atoms with E-state index in [0.717, 1.165) is 18.2 Å². The molecule has 1 rings (SSSR count). The summed E-state index contributed by atoms with van der Waals surface area (Å²) in [6, 6.07) is 2.02. The van der Waals surface area contributed by atoms with Crippen molar-refractivity contribution in [3.05, 3.63) is 33.8 Å². The van der Waals surface area contributed by atoms with Gasteiger partial charge in [-0.2, -0.15) is 21.6 Å². The van der Waals surface area contributed by atoms with Crippen molar-refractivity contribution in [1.82, 2.24) is 0 Å². The Bertz CT molecular complexity index is 796. The lowest BCUT2D eigenvalue weighted by molar-refractivity contribution is -0.148. The van der Waals surface area contributed by atoms with E-state index in [1.807, 2.05) is 0 Å². The van der Waals surface area contributed by atoms with Gasteiger partial charge < -0.3 is 8.92 Å². The Morgan fingerprint density at radius 3 is 2.16 bits per heavy atom. The van der Waals surface area contributed by atoms with Gasteiger partial charge in [0.2, 0.25) is 0 Å². The van der Waals surface area contributed by atoms with E-state index in [2.05, 4.69) is 4.18 Å². The van der Waals surface area contributed by atoms with Gasteiger partial charge in [-0.15, -0.1) is 0 Å². The van der Waals surface area contributed by atoms with Crippen LogP contribution in [-0.4, -0.2) is 25.5 Å². The molecule has 0 N–H and O–H groups in total. The molecule has 0 aromatic heterocycles. The summed E-state index contributed by atoms with van der Waals surface area (Å²) in [7, 11) is -5.88. The Morgan fingerprint density at radius 1 is 1.12 bits per heavy atom. The second-order valence-electron chi connectivity index (χ2n) is 5.63. The Hall–Kier alpha value is -1.45. The molecular formula is C14H13Cl2F3O5S. The molecule has 5 nitrogen and oxygen atoms in total. The van der Waals surface area contributed by atoms with Crippen LogP contribution in [0.2, 0.25) is 10.0 Å². The zero-order valence-electron chi connectivity index (χ0n) is 13.1. The number of halogens is 5. The predicted molar refractivity (Wildman–Crippen MR) is 86.9 cm³/mol. The number of hydrogen-bond donors (Lipinski definition) is 0. The number of esters is 1. The minimum Gasteiger partial charge on any atom is -0.457 e. The molecule has 0 aliphatic rings. The van der Waals surface area contributed by atoms with Crippen LogP contribution < -0.4 is 4.18 Å². The summed E-state index contributed by atoms with van der Waals surface area (Å²) >= 11 is 11.6. The first kappa shape index (κ1) is 21.6. The normalized spacial score (nSPS) is 13.1. The molecule has 0 spiro atoms. The topological polar surface area (TPSA) is 69.7 Å². The van der Waals surface area contributed by atoms with E-state index in [0.29, 0.717) is 0 Å². The highest BCUT2D eigenvalue weighted by atomic mass is 35.5. The van der Waals surface area contributed by atoms with Crippen molar-refractivity contribution in [1.29, 1.82) is 0 Å². The first-order chi connectivity index (χ1) is 11.1. The maximum atomic E-state index is 12.3. The lowest BCUT2D eigenvalue weighted by Crippen LogP contribution is -2.28. The first-order valence-corrected chi connectivity index (χ1v) is 8.70. The molecule has 0 amide bonds. The highest BCUT2D eigenvalue weighted by Crippen LogP contribution is 2.38. The number of benzene rings is 1. The largest absolute Gasteiger partial charge is 0.534 e. The van der Waals surface area contributed by atoms with Crippen LogP contribution in [0.4, 0.5) is 13.2 Å². The summed E-state index contributed by atoms with van der Waals surface area (Å²) in [5.74, 6) is -1.47. The number of ether oxygens (including phenoxy) is 1. The van der Waals surface area contributed by atoms with Crippen LogP contribution in [0.5, 0.6) is 5.75 Å². The molecule has 0 unspecified atom stereocenters. The summed E-state index contributed by atoms with van der Waals surface area (Å²) < 4.78 is 67.9. The molecule has 0 heterocycles. The lowest BCUT2D eigenvalue weighted by atomic mass is 10.2. The zero-order valence-corrected chi connectivity index (χ0v) is 15.5. The van der Waals surface area contributed by atoms with E-state index in [1.54, 1.807) is 20.8 Å². The Kier molecular flexibility index (Phi) is 6.41. The van der Waals surface area contributed by atoms with Gasteiger partial charge in [-0.25, -0.2) is 4.79 Å².